The van der Waals surface area contributed by atoms with Gasteiger partial charge in [-0.2, -0.15) is 5.26 Å². The van der Waals surface area contributed by atoms with Gasteiger partial charge in [0.25, 0.3) is 0 Å². The monoisotopic (exact) mass is 432 g/mol. The molecule has 2 rings (SSSR count). The van der Waals surface area contributed by atoms with Crippen LogP contribution >= 0.6 is 24.0 Å². The van der Waals surface area contributed by atoms with Crippen molar-refractivity contribution < 1.29 is 9.52 Å². The summed E-state index contributed by atoms with van der Waals surface area (Å²) >= 11 is 0. The highest BCUT2D eigenvalue weighted by Gasteiger charge is 2.29. The zero-order valence-electron chi connectivity index (χ0n) is 13.6. The largest absolute Gasteiger partial charge is 0.466 e. The molecule has 1 heterocycles. The maximum absolute atomic E-state index is 10.4. The molecule has 1 aromatic rings. The molecule has 0 aliphatic heterocycles. The number of furan rings is 1. The fourth-order valence-corrected chi connectivity index (χ4v) is 2.68. The van der Waals surface area contributed by atoms with Crippen LogP contribution in [0.3, 0.4) is 0 Å². The summed E-state index contributed by atoms with van der Waals surface area (Å²) in [6.45, 7) is 4.56. The van der Waals surface area contributed by atoms with Gasteiger partial charge in [0, 0.05) is 12.6 Å². The minimum absolute atomic E-state index is 0. The molecule has 7 heteroatoms. The fourth-order valence-electron chi connectivity index (χ4n) is 2.68. The number of nitrogens with one attached hydrogen (secondary N) is 2. The highest BCUT2D eigenvalue weighted by molar-refractivity contribution is 14.0. The lowest BCUT2D eigenvalue weighted by Gasteiger charge is -2.22. The highest BCUT2D eigenvalue weighted by atomic mass is 127. The molecular weight excluding hydrogens is 407 g/mol. The van der Waals surface area contributed by atoms with E-state index in [1.54, 1.807) is 19.1 Å². The van der Waals surface area contributed by atoms with Gasteiger partial charge in [-0.1, -0.05) is 0 Å². The summed E-state index contributed by atoms with van der Waals surface area (Å²) in [7, 11) is 0. The SMILES string of the molecule is CCNC(=NCC(C)(O)c1ccco1)NC1CCCC1C#N.I. The fraction of sp³-hybridized carbons (Fsp3) is 0.625. The number of aliphatic hydroxyl groups is 1. The topological polar surface area (TPSA) is 93.6 Å². The number of hydrogen-bond donors (Lipinski definition) is 3. The number of nitrogens with zero attached hydrogens (tertiary/aromatic N) is 2. The van der Waals surface area contributed by atoms with Crippen molar-refractivity contribution in [1.29, 1.82) is 5.26 Å². The molecule has 0 radical (unpaired) electrons. The average molecular weight is 432 g/mol. The van der Waals surface area contributed by atoms with Gasteiger partial charge in [-0.3, -0.25) is 0 Å². The Bertz CT molecular complexity index is 537. The molecule has 1 saturated carbocycles. The molecule has 1 aromatic heterocycles. The molecule has 1 aliphatic carbocycles. The van der Waals surface area contributed by atoms with E-state index in [4.69, 9.17) is 9.68 Å². The average Bonchev–Trinajstić information content (AvgIpc) is 3.16. The predicted octanol–water partition coefficient (Wildman–Crippen LogP) is 2.35. The van der Waals surface area contributed by atoms with Gasteiger partial charge in [-0.25, -0.2) is 4.99 Å². The molecule has 1 fully saturated rings. The van der Waals surface area contributed by atoms with Crippen molar-refractivity contribution in [2.75, 3.05) is 13.1 Å². The number of aliphatic imine (C=N–C) groups is 1. The Morgan fingerprint density at radius 3 is 2.96 bits per heavy atom. The van der Waals surface area contributed by atoms with Gasteiger partial charge >= 0.3 is 0 Å². The van der Waals surface area contributed by atoms with E-state index < -0.39 is 5.60 Å². The second-order valence-electron chi connectivity index (χ2n) is 5.86. The first-order chi connectivity index (χ1) is 10.6. The van der Waals surface area contributed by atoms with Crippen molar-refractivity contribution >= 4 is 29.9 Å². The first-order valence-electron chi connectivity index (χ1n) is 7.77. The first-order valence-corrected chi connectivity index (χ1v) is 7.77. The third-order valence-electron chi connectivity index (χ3n) is 3.95. The minimum Gasteiger partial charge on any atom is -0.466 e. The van der Waals surface area contributed by atoms with Crippen LogP contribution in [-0.2, 0) is 5.60 Å². The maximum Gasteiger partial charge on any atom is 0.191 e. The van der Waals surface area contributed by atoms with Crippen LogP contribution in [0.4, 0.5) is 0 Å². The molecule has 1 aliphatic rings. The van der Waals surface area contributed by atoms with Crippen LogP contribution in [0.15, 0.2) is 27.8 Å². The lowest BCUT2D eigenvalue weighted by molar-refractivity contribution is 0.0436. The third kappa shape index (κ3) is 5.39. The summed E-state index contributed by atoms with van der Waals surface area (Å²) in [5, 5.41) is 26.1. The van der Waals surface area contributed by atoms with Crippen LogP contribution in [0.25, 0.3) is 0 Å². The van der Waals surface area contributed by atoms with Gasteiger partial charge in [0.15, 0.2) is 5.96 Å². The summed E-state index contributed by atoms with van der Waals surface area (Å²) in [4.78, 5) is 4.45. The van der Waals surface area contributed by atoms with E-state index in [1.807, 2.05) is 6.92 Å². The Labute approximate surface area is 154 Å². The number of nitriles is 1. The number of hydrogen-bond acceptors (Lipinski definition) is 4. The zero-order valence-corrected chi connectivity index (χ0v) is 15.9. The molecule has 0 saturated heterocycles. The normalized spacial score (nSPS) is 23.5. The van der Waals surface area contributed by atoms with Crippen molar-refractivity contribution in [3.05, 3.63) is 24.2 Å². The lowest BCUT2D eigenvalue weighted by Crippen LogP contribution is -2.45. The summed E-state index contributed by atoms with van der Waals surface area (Å²) in [5.74, 6) is 1.14. The molecular formula is C16H25IN4O2. The maximum atomic E-state index is 10.4. The predicted molar refractivity (Wildman–Crippen MR) is 99.6 cm³/mol. The summed E-state index contributed by atoms with van der Waals surface area (Å²) in [6.07, 6.45) is 4.49. The zero-order chi connectivity index (χ0) is 16.0. The van der Waals surface area contributed by atoms with Crippen LogP contribution in [-0.4, -0.2) is 30.2 Å². The second-order valence-corrected chi connectivity index (χ2v) is 5.86. The van der Waals surface area contributed by atoms with Crippen molar-refractivity contribution in [3.63, 3.8) is 0 Å². The molecule has 0 amide bonds. The van der Waals surface area contributed by atoms with Gasteiger partial charge < -0.3 is 20.2 Å². The van der Waals surface area contributed by atoms with E-state index in [1.165, 1.54) is 6.26 Å². The van der Waals surface area contributed by atoms with E-state index >= 15 is 0 Å². The molecule has 23 heavy (non-hydrogen) atoms. The molecule has 0 bridgehead atoms. The van der Waals surface area contributed by atoms with Gasteiger partial charge in [0.1, 0.15) is 11.4 Å². The molecule has 6 nitrogen and oxygen atoms in total. The van der Waals surface area contributed by atoms with E-state index in [2.05, 4.69) is 21.7 Å². The van der Waals surface area contributed by atoms with Crippen LogP contribution in [0, 0.1) is 17.2 Å². The van der Waals surface area contributed by atoms with E-state index in [0.29, 0.717) is 11.7 Å². The summed E-state index contributed by atoms with van der Waals surface area (Å²) < 4.78 is 5.26. The van der Waals surface area contributed by atoms with Gasteiger partial charge in [0.05, 0.1) is 24.8 Å². The molecule has 3 N–H and O–H groups in total. The smallest absolute Gasteiger partial charge is 0.191 e. The molecule has 3 atom stereocenters. The second kappa shape index (κ2) is 9.13. The molecule has 3 unspecified atom stereocenters. The Kier molecular flexibility index (Phi) is 7.85. The Morgan fingerprint density at radius 2 is 2.35 bits per heavy atom. The number of rotatable bonds is 5. The first kappa shape index (κ1) is 19.8. The number of halogens is 1. The Morgan fingerprint density at radius 1 is 1.57 bits per heavy atom. The van der Waals surface area contributed by atoms with Crippen LogP contribution < -0.4 is 10.6 Å². The molecule has 0 spiro atoms. The van der Waals surface area contributed by atoms with Crippen LogP contribution in [0.1, 0.15) is 38.9 Å². The van der Waals surface area contributed by atoms with Gasteiger partial charge in [-0.05, 0) is 45.2 Å². The van der Waals surface area contributed by atoms with Crippen LogP contribution in [0.5, 0.6) is 0 Å². The quantitative estimate of drug-likeness (QED) is 0.378. The minimum atomic E-state index is -1.16. The summed E-state index contributed by atoms with van der Waals surface area (Å²) in [6, 6.07) is 5.95. The van der Waals surface area contributed by atoms with Gasteiger partial charge in [0.2, 0.25) is 0 Å². The number of guanidine groups is 1. The Hall–Kier alpha value is -1.27. The van der Waals surface area contributed by atoms with Crippen LogP contribution in [0.2, 0.25) is 0 Å². The summed E-state index contributed by atoms with van der Waals surface area (Å²) in [5.41, 5.74) is -1.16. The van der Waals surface area contributed by atoms with E-state index in [-0.39, 0.29) is 42.5 Å². The van der Waals surface area contributed by atoms with Gasteiger partial charge in [-0.15, -0.1) is 24.0 Å². The van der Waals surface area contributed by atoms with E-state index in [0.717, 1.165) is 25.8 Å². The molecule has 0 aromatic carbocycles. The van der Waals surface area contributed by atoms with Crippen molar-refractivity contribution in [2.24, 2.45) is 10.9 Å². The molecule has 128 valence electrons. The lowest BCUT2D eigenvalue weighted by atomic mass is 10.0. The van der Waals surface area contributed by atoms with E-state index in [9.17, 15) is 5.11 Å². The Balaban J connectivity index is 0.00000264. The standard InChI is InChI=1S/C16H24N4O2.HI/c1-3-18-15(20-13-7-4-6-12(13)10-17)19-11-16(2,21)14-8-5-9-22-14;/h5,8-9,12-13,21H,3-4,6-7,11H2,1-2H3,(H2,18,19,20);1H. The third-order valence-corrected chi connectivity index (χ3v) is 3.95. The van der Waals surface area contributed by atoms with Crippen molar-refractivity contribution in [1.82, 2.24) is 10.6 Å². The highest BCUT2D eigenvalue weighted by Crippen LogP contribution is 2.25. The van der Waals surface area contributed by atoms with Crippen molar-refractivity contribution in [2.45, 2.75) is 44.8 Å². The van der Waals surface area contributed by atoms with Crippen molar-refractivity contribution in [3.8, 4) is 6.07 Å².